The van der Waals surface area contributed by atoms with Crippen molar-refractivity contribution in [3.63, 3.8) is 0 Å². The second-order valence-electron chi connectivity index (χ2n) is 6.64. The summed E-state index contributed by atoms with van der Waals surface area (Å²) in [7, 11) is 2.58. The molecule has 0 radical (unpaired) electrons. The van der Waals surface area contributed by atoms with Crippen molar-refractivity contribution in [2.45, 2.75) is 6.10 Å². The molecule has 0 aromatic heterocycles. The fraction of sp³-hybridized carbons (Fsp3) is 0.562. The van der Waals surface area contributed by atoms with Crippen LogP contribution in [0.4, 0.5) is 0 Å². The predicted molar refractivity (Wildman–Crippen MR) is 93.2 cm³/mol. The van der Waals surface area contributed by atoms with E-state index < -0.39 is 33.1 Å². The minimum atomic E-state index is -4.57. The molecule has 11 heteroatoms. The molecule has 0 saturated carbocycles. The molecule has 154 valence electrons. The normalized spacial score (nSPS) is 15.0. The van der Waals surface area contributed by atoms with Gasteiger partial charge in [0.15, 0.2) is 6.10 Å². The minimum absolute atomic E-state index is 0.0542. The van der Waals surface area contributed by atoms with Crippen LogP contribution in [0.5, 0.6) is 5.75 Å². The van der Waals surface area contributed by atoms with Crippen molar-refractivity contribution in [1.82, 2.24) is 0 Å². The van der Waals surface area contributed by atoms with E-state index in [9.17, 15) is 14.3 Å². The van der Waals surface area contributed by atoms with Gasteiger partial charge in [0.05, 0.1) is 40.4 Å². The minimum Gasteiger partial charge on any atom is -0.756 e. The first-order valence-corrected chi connectivity index (χ1v) is 9.54. The van der Waals surface area contributed by atoms with Crippen molar-refractivity contribution in [3.05, 3.63) is 29.8 Å². The second kappa shape index (κ2) is 10.7. The fourth-order valence-corrected chi connectivity index (χ4v) is 2.45. The fourth-order valence-electron chi connectivity index (χ4n) is 1.73. The third kappa shape index (κ3) is 9.83. The molecular weight excluding hydrogens is 381 g/mol. The standard InChI is InChI=1S/C16H26NO9P/c1-17(2,3)9-10-24-27(20,21)25-12-15(26-19)11-23-16(18)13-5-7-14(22-4)8-6-13/h5-8,15H,9-12H2,1-4H3,(H-,19,20,21)/t15-/m1/s1. The van der Waals surface area contributed by atoms with Crippen molar-refractivity contribution in [1.29, 1.82) is 0 Å². The van der Waals surface area contributed by atoms with E-state index in [1.165, 1.54) is 19.2 Å². The van der Waals surface area contributed by atoms with Gasteiger partial charge in [-0.15, -0.1) is 0 Å². The number of hydrogen-bond donors (Lipinski definition) is 1. The van der Waals surface area contributed by atoms with E-state index in [2.05, 4.69) is 9.41 Å². The Bertz CT molecular complexity index is 630. The largest absolute Gasteiger partial charge is 0.756 e. The highest BCUT2D eigenvalue weighted by atomic mass is 31.2. The summed E-state index contributed by atoms with van der Waals surface area (Å²) in [6.45, 7) is -0.589. The van der Waals surface area contributed by atoms with Gasteiger partial charge in [-0.2, -0.15) is 0 Å². The lowest BCUT2D eigenvalue weighted by molar-refractivity contribution is -0.870. The molecule has 0 fully saturated rings. The summed E-state index contributed by atoms with van der Waals surface area (Å²) in [5.74, 6) is -0.0998. The summed E-state index contributed by atoms with van der Waals surface area (Å²) < 4.78 is 31.5. The Morgan fingerprint density at radius 3 is 2.33 bits per heavy atom. The second-order valence-corrected chi connectivity index (χ2v) is 8.06. The molecule has 1 unspecified atom stereocenters. The number of phosphoric acid groups is 1. The third-order valence-electron chi connectivity index (χ3n) is 3.31. The monoisotopic (exact) mass is 407 g/mol. The molecule has 0 saturated heterocycles. The lowest BCUT2D eigenvalue weighted by Crippen LogP contribution is -2.37. The van der Waals surface area contributed by atoms with Gasteiger partial charge in [0, 0.05) is 0 Å². The van der Waals surface area contributed by atoms with Crippen LogP contribution >= 0.6 is 7.82 Å². The van der Waals surface area contributed by atoms with Gasteiger partial charge in [-0.3, -0.25) is 9.82 Å². The van der Waals surface area contributed by atoms with Crippen LogP contribution in [0, 0.1) is 0 Å². The first-order valence-electron chi connectivity index (χ1n) is 8.08. The van der Waals surface area contributed by atoms with Gasteiger partial charge in [-0.05, 0) is 24.3 Å². The summed E-state index contributed by atoms with van der Waals surface area (Å²) in [4.78, 5) is 27.7. The molecular formula is C16H26NO9P. The lowest BCUT2D eigenvalue weighted by atomic mass is 10.2. The number of carbonyl (C=O) groups is 1. The van der Waals surface area contributed by atoms with E-state index in [1.54, 1.807) is 12.1 Å². The van der Waals surface area contributed by atoms with Gasteiger partial charge < -0.3 is 27.9 Å². The predicted octanol–water partition coefficient (Wildman–Crippen LogP) is 0.918. The Morgan fingerprint density at radius 2 is 1.81 bits per heavy atom. The number of ether oxygens (including phenoxy) is 2. The van der Waals surface area contributed by atoms with Crippen LogP contribution in [-0.2, 0) is 23.2 Å². The molecule has 0 aliphatic rings. The van der Waals surface area contributed by atoms with Crippen LogP contribution in [0.1, 0.15) is 10.4 Å². The first kappa shape index (κ1) is 23.5. The first-order chi connectivity index (χ1) is 12.6. The molecule has 0 amide bonds. The van der Waals surface area contributed by atoms with E-state index in [0.29, 0.717) is 16.8 Å². The van der Waals surface area contributed by atoms with Crippen molar-refractivity contribution < 1.29 is 47.4 Å². The molecule has 2 atom stereocenters. The number of methoxy groups -OCH3 is 1. The maximum Gasteiger partial charge on any atom is 0.338 e. The number of nitrogens with zero attached hydrogens (tertiary/aromatic N) is 1. The summed E-state index contributed by atoms with van der Waals surface area (Å²) in [6, 6.07) is 6.17. The topological polar surface area (TPSA) is 124 Å². The lowest BCUT2D eigenvalue weighted by Gasteiger charge is -2.27. The summed E-state index contributed by atoms with van der Waals surface area (Å²) in [5, 5.41) is 8.83. The smallest absolute Gasteiger partial charge is 0.338 e. The van der Waals surface area contributed by atoms with Crippen molar-refractivity contribution >= 4 is 13.8 Å². The summed E-state index contributed by atoms with van der Waals surface area (Å²) in [6.07, 6.45) is -1.20. The molecule has 0 aliphatic carbocycles. The van der Waals surface area contributed by atoms with Crippen LogP contribution in [0.15, 0.2) is 24.3 Å². The maximum atomic E-state index is 11.9. The molecule has 0 aliphatic heterocycles. The number of phosphoric ester groups is 1. The zero-order valence-corrected chi connectivity index (χ0v) is 16.7. The average Bonchev–Trinajstić information content (AvgIpc) is 2.60. The zero-order chi connectivity index (χ0) is 20.5. The molecule has 1 N–H and O–H groups in total. The Balaban J connectivity index is 2.42. The Morgan fingerprint density at radius 1 is 1.19 bits per heavy atom. The highest BCUT2D eigenvalue weighted by molar-refractivity contribution is 7.45. The average molecular weight is 407 g/mol. The highest BCUT2D eigenvalue weighted by Crippen LogP contribution is 2.38. The zero-order valence-electron chi connectivity index (χ0n) is 15.8. The molecule has 10 nitrogen and oxygen atoms in total. The Hall–Kier alpha value is -1.52. The van der Waals surface area contributed by atoms with E-state index >= 15 is 0 Å². The maximum absolute atomic E-state index is 11.9. The molecule has 1 rings (SSSR count). The van der Waals surface area contributed by atoms with Crippen LogP contribution in [0.25, 0.3) is 0 Å². The number of quaternary nitrogens is 1. The molecule has 0 spiro atoms. The van der Waals surface area contributed by atoms with Gasteiger partial charge in [-0.1, -0.05) is 0 Å². The van der Waals surface area contributed by atoms with Crippen LogP contribution in [0.2, 0.25) is 0 Å². The Labute approximate surface area is 158 Å². The molecule has 1 aromatic carbocycles. The van der Waals surface area contributed by atoms with E-state index in [4.69, 9.17) is 19.3 Å². The number of rotatable bonds is 12. The molecule has 27 heavy (non-hydrogen) atoms. The quantitative estimate of drug-likeness (QED) is 0.177. The van der Waals surface area contributed by atoms with Gasteiger partial charge >= 0.3 is 5.97 Å². The van der Waals surface area contributed by atoms with Crippen LogP contribution in [-0.4, -0.2) is 76.4 Å². The van der Waals surface area contributed by atoms with E-state index in [-0.39, 0.29) is 12.2 Å². The number of hydrogen-bond acceptors (Lipinski definition) is 9. The van der Waals surface area contributed by atoms with E-state index in [0.717, 1.165) is 0 Å². The van der Waals surface area contributed by atoms with Crippen molar-refractivity contribution in [3.8, 4) is 5.75 Å². The van der Waals surface area contributed by atoms with Crippen molar-refractivity contribution in [2.75, 3.05) is 54.6 Å². The molecule has 0 bridgehead atoms. The van der Waals surface area contributed by atoms with E-state index in [1.807, 2.05) is 21.1 Å². The molecule has 0 heterocycles. The third-order valence-corrected chi connectivity index (χ3v) is 4.27. The number of esters is 1. The highest BCUT2D eigenvalue weighted by Gasteiger charge is 2.19. The van der Waals surface area contributed by atoms with Crippen LogP contribution < -0.4 is 9.63 Å². The van der Waals surface area contributed by atoms with Gasteiger partial charge in [0.25, 0.3) is 7.82 Å². The number of likely N-dealkylation sites (N-methyl/N-ethyl adjacent to an activating group) is 1. The number of benzene rings is 1. The Kier molecular flexibility index (Phi) is 9.34. The van der Waals surface area contributed by atoms with Gasteiger partial charge in [-0.25, -0.2) is 9.68 Å². The number of carbonyl (C=O) groups excluding carboxylic acids is 1. The van der Waals surface area contributed by atoms with Crippen LogP contribution in [0.3, 0.4) is 0 Å². The SMILES string of the molecule is COc1ccc(C(=O)OC[C@H](COP(=O)([O-])OCC[N+](C)(C)C)OO)cc1. The summed E-state index contributed by atoms with van der Waals surface area (Å²) in [5.41, 5.74) is 0.256. The molecule has 1 aromatic rings. The van der Waals surface area contributed by atoms with Crippen molar-refractivity contribution in [2.24, 2.45) is 0 Å². The summed E-state index contributed by atoms with van der Waals surface area (Å²) >= 11 is 0. The van der Waals surface area contributed by atoms with Gasteiger partial charge in [0.1, 0.15) is 25.5 Å². The van der Waals surface area contributed by atoms with Gasteiger partial charge in [0.2, 0.25) is 0 Å².